The smallest absolute Gasteiger partial charge is 0.387 e. The fourth-order valence-corrected chi connectivity index (χ4v) is 2.74. The van der Waals surface area contributed by atoms with Gasteiger partial charge in [-0.25, -0.2) is 9.79 Å². The number of rotatable bonds is 8. The highest BCUT2D eigenvalue weighted by Crippen LogP contribution is 2.32. The van der Waals surface area contributed by atoms with Gasteiger partial charge in [0.05, 0.1) is 20.8 Å². The molecule has 9 heteroatoms. The van der Waals surface area contributed by atoms with Gasteiger partial charge in [-0.15, -0.1) is 0 Å². The number of methoxy groups -OCH3 is 2. The summed E-state index contributed by atoms with van der Waals surface area (Å²) < 4.78 is 50.5. The van der Waals surface area contributed by atoms with Crippen LogP contribution in [0.25, 0.3) is 6.08 Å². The molecule has 0 amide bonds. The zero-order chi connectivity index (χ0) is 21.7. The summed E-state index contributed by atoms with van der Waals surface area (Å²) in [6.07, 6.45) is 1.46. The van der Waals surface area contributed by atoms with Crippen LogP contribution < -0.4 is 18.9 Å². The molecule has 0 atom stereocenters. The Morgan fingerprint density at radius 2 is 1.77 bits per heavy atom. The molecule has 0 spiro atoms. The van der Waals surface area contributed by atoms with Crippen molar-refractivity contribution in [2.45, 2.75) is 13.5 Å². The number of cyclic esters (lactones) is 1. The number of carbonyl (C=O) groups excluding carboxylic acids is 1. The molecule has 0 fully saturated rings. The van der Waals surface area contributed by atoms with E-state index in [9.17, 15) is 13.6 Å². The van der Waals surface area contributed by atoms with Gasteiger partial charge in [-0.05, 0) is 48.9 Å². The molecule has 0 bridgehead atoms. The van der Waals surface area contributed by atoms with Gasteiger partial charge in [0.15, 0.2) is 28.7 Å². The Labute approximate surface area is 171 Å². The summed E-state index contributed by atoms with van der Waals surface area (Å²) in [5.74, 6) is 0.472. The molecule has 0 aliphatic carbocycles. The van der Waals surface area contributed by atoms with Crippen molar-refractivity contribution in [3.05, 3.63) is 53.2 Å². The van der Waals surface area contributed by atoms with Crippen LogP contribution >= 0.6 is 0 Å². The minimum atomic E-state index is -2.98. The molecule has 3 rings (SSSR count). The molecule has 1 aliphatic heterocycles. The molecule has 1 aliphatic rings. The monoisotopic (exact) mass is 419 g/mol. The van der Waals surface area contributed by atoms with Crippen molar-refractivity contribution in [1.82, 2.24) is 0 Å². The minimum Gasteiger partial charge on any atom is -0.493 e. The number of ether oxygens (including phenoxy) is 5. The number of benzene rings is 2. The molecule has 0 saturated carbocycles. The molecule has 0 radical (unpaired) electrons. The third kappa shape index (κ3) is 4.68. The third-order valence-electron chi connectivity index (χ3n) is 4.04. The lowest BCUT2D eigenvalue weighted by atomic mass is 10.1. The zero-order valence-electron chi connectivity index (χ0n) is 16.5. The molecular weight excluding hydrogens is 400 g/mol. The minimum absolute atomic E-state index is 0.0461. The van der Waals surface area contributed by atoms with E-state index in [1.807, 2.05) is 0 Å². The quantitative estimate of drug-likeness (QED) is 0.475. The number of alkyl halides is 2. The Bertz CT molecular complexity index is 1000. The van der Waals surface area contributed by atoms with E-state index in [2.05, 4.69) is 9.73 Å². The van der Waals surface area contributed by atoms with Gasteiger partial charge in [0.1, 0.15) is 0 Å². The second kappa shape index (κ2) is 9.25. The highest BCUT2D eigenvalue weighted by Gasteiger charge is 2.25. The SMILES string of the molecule is CCOc1cc(C=C2N=C(c3ccc(OC)c(OC)c3)OC2=O)ccc1OC(F)F. The molecular formula is C21H19F2NO6. The van der Waals surface area contributed by atoms with E-state index >= 15 is 0 Å². The highest BCUT2D eigenvalue weighted by atomic mass is 19.3. The van der Waals surface area contributed by atoms with E-state index in [4.69, 9.17) is 18.9 Å². The third-order valence-corrected chi connectivity index (χ3v) is 4.04. The molecule has 0 saturated heterocycles. The van der Waals surface area contributed by atoms with E-state index in [1.54, 1.807) is 25.1 Å². The molecule has 0 unspecified atom stereocenters. The highest BCUT2D eigenvalue weighted by molar-refractivity contribution is 6.13. The summed E-state index contributed by atoms with van der Waals surface area (Å²) >= 11 is 0. The van der Waals surface area contributed by atoms with E-state index in [0.717, 1.165) is 0 Å². The number of aliphatic imine (C=N–C) groups is 1. The first kappa shape index (κ1) is 21.1. The van der Waals surface area contributed by atoms with Gasteiger partial charge in [-0.1, -0.05) is 6.07 Å². The molecule has 7 nitrogen and oxygen atoms in total. The molecule has 0 N–H and O–H groups in total. The van der Waals surface area contributed by atoms with Gasteiger partial charge in [0.25, 0.3) is 0 Å². The number of hydrogen-bond donors (Lipinski definition) is 0. The molecule has 2 aromatic rings. The number of esters is 1. The Morgan fingerprint density at radius 1 is 1.03 bits per heavy atom. The van der Waals surface area contributed by atoms with E-state index < -0.39 is 12.6 Å². The fraction of sp³-hybridized carbons (Fsp3) is 0.238. The largest absolute Gasteiger partial charge is 0.493 e. The standard InChI is InChI=1S/C21H19F2NO6/c1-4-28-18-10-12(5-7-16(18)29-21(22)23)9-14-20(25)30-19(24-14)13-6-8-15(26-2)17(11-13)27-3/h5-11,21H,4H2,1-3H3. The zero-order valence-corrected chi connectivity index (χ0v) is 16.5. The fourth-order valence-electron chi connectivity index (χ4n) is 2.74. The van der Waals surface area contributed by atoms with Crippen LogP contribution in [0.3, 0.4) is 0 Å². The Kier molecular flexibility index (Phi) is 6.51. The van der Waals surface area contributed by atoms with Crippen LogP contribution in [0.2, 0.25) is 0 Å². The van der Waals surface area contributed by atoms with Crippen molar-refractivity contribution in [3.63, 3.8) is 0 Å². The summed E-state index contributed by atoms with van der Waals surface area (Å²) in [5, 5.41) is 0. The van der Waals surface area contributed by atoms with Crippen LogP contribution in [-0.2, 0) is 9.53 Å². The topological polar surface area (TPSA) is 75.6 Å². The van der Waals surface area contributed by atoms with Crippen molar-refractivity contribution in [3.8, 4) is 23.0 Å². The van der Waals surface area contributed by atoms with Crippen molar-refractivity contribution >= 4 is 17.9 Å². The lowest BCUT2D eigenvalue weighted by molar-refractivity contribution is -0.129. The lowest BCUT2D eigenvalue weighted by Crippen LogP contribution is -2.06. The van der Waals surface area contributed by atoms with E-state index in [-0.39, 0.29) is 29.7 Å². The maximum atomic E-state index is 12.5. The number of nitrogens with zero attached hydrogens (tertiary/aromatic N) is 1. The summed E-state index contributed by atoms with van der Waals surface area (Å²) in [5.41, 5.74) is 1.08. The lowest BCUT2D eigenvalue weighted by Gasteiger charge is -2.11. The van der Waals surface area contributed by atoms with Crippen molar-refractivity contribution in [1.29, 1.82) is 0 Å². The predicted molar refractivity (Wildman–Crippen MR) is 104 cm³/mol. The maximum absolute atomic E-state index is 12.5. The Morgan fingerprint density at radius 3 is 2.43 bits per heavy atom. The number of hydrogen-bond acceptors (Lipinski definition) is 7. The normalized spacial score (nSPS) is 14.5. The number of carbonyl (C=O) groups is 1. The number of halogens is 2. The van der Waals surface area contributed by atoms with Gasteiger partial charge in [-0.3, -0.25) is 0 Å². The second-order valence-corrected chi connectivity index (χ2v) is 5.92. The molecule has 30 heavy (non-hydrogen) atoms. The van der Waals surface area contributed by atoms with E-state index in [0.29, 0.717) is 22.6 Å². The summed E-state index contributed by atoms with van der Waals surface area (Å²) in [6.45, 7) is -1.01. The van der Waals surface area contributed by atoms with Crippen LogP contribution in [0.4, 0.5) is 8.78 Å². The maximum Gasteiger partial charge on any atom is 0.387 e. The Hall–Kier alpha value is -3.62. The van der Waals surface area contributed by atoms with Crippen molar-refractivity contribution in [2.75, 3.05) is 20.8 Å². The second-order valence-electron chi connectivity index (χ2n) is 5.92. The van der Waals surface area contributed by atoms with Gasteiger partial charge in [0.2, 0.25) is 5.90 Å². The van der Waals surface area contributed by atoms with Crippen LogP contribution in [0, 0.1) is 0 Å². The first-order chi connectivity index (χ1) is 14.4. The first-order valence-corrected chi connectivity index (χ1v) is 8.91. The average Bonchev–Trinajstić information content (AvgIpc) is 3.09. The van der Waals surface area contributed by atoms with Crippen molar-refractivity contribution in [2.24, 2.45) is 4.99 Å². The Balaban J connectivity index is 1.91. The average molecular weight is 419 g/mol. The van der Waals surface area contributed by atoms with Crippen LogP contribution in [0.15, 0.2) is 47.1 Å². The van der Waals surface area contributed by atoms with Crippen LogP contribution in [0.1, 0.15) is 18.1 Å². The first-order valence-electron chi connectivity index (χ1n) is 8.91. The predicted octanol–water partition coefficient (Wildman–Crippen LogP) is 4.05. The summed E-state index contributed by atoms with van der Waals surface area (Å²) in [7, 11) is 3.01. The van der Waals surface area contributed by atoms with Crippen LogP contribution in [-0.4, -0.2) is 39.3 Å². The molecule has 2 aromatic carbocycles. The molecule has 158 valence electrons. The van der Waals surface area contributed by atoms with Gasteiger partial charge < -0.3 is 23.7 Å². The van der Waals surface area contributed by atoms with Crippen LogP contribution in [0.5, 0.6) is 23.0 Å². The van der Waals surface area contributed by atoms with Gasteiger partial charge >= 0.3 is 12.6 Å². The van der Waals surface area contributed by atoms with Crippen molar-refractivity contribution < 1.29 is 37.3 Å². The van der Waals surface area contributed by atoms with Gasteiger partial charge in [-0.2, -0.15) is 8.78 Å². The summed E-state index contributed by atoms with van der Waals surface area (Å²) in [6, 6.07) is 9.30. The summed E-state index contributed by atoms with van der Waals surface area (Å²) in [4.78, 5) is 16.5. The molecule has 0 aromatic heterocycles. The molecule has 1 heterocycles. The van der Waals surface area contributed by atoms with Gasteiger partial charge in [0, 0.05) is 5.56 Å². The van der Waals surface area contributed by atoms with E-state index in [1.165, 1.54) is 38.5 Å².